The van der Waals surface area contributed by atoms with Gasteiger partial charge in [0.2, 0.25) is 0 Å². The summed E-state index contributed by atoms with van der Waals surface area (Å²) in [7, 11) is 0. The molecule has 1 fully saturated rings. The molecule has 0 amide bonds. The maximum absolute atomic E-state index is 6.04. The second-order valence-corrected chi connectivity index (χ2v) is 6.19. The summed E-state index contributed by atoms with van der Waals surface area (Å²) in [5.41, 5.74) is 8.17. The molecule has 1 atom stereocenters. The highest BCUT2D eigenvalue weighted by molar-refractivity contribution is 9.10. The van der Waals surface area contributed by atoms with Crippen LogP contribution in [0.1, 0.15) is 25.8 Å². The van der Waals surface area contributed by atoms with E-state index in [0.29, 0.717) is 0 Å². The highest BCUT2D eigenvalue weighted by Gasteiger charge is 2.25. The van der Waals surface area contributed by atoms with Crippen molar-refractivity contribution in [2.24, 2.45) is 11.8 Å². The van der Waals surface area contributed by atoms with E-state index in [1.165, 1.54) is 25.1 Å². The molecule has 0 saturated carbocycles. The van der Waals surface area contributed by atoms with Crippen LogP contribution in [0.4, 0.5) is 5.69 Å². The molecule has 2 N–H and O–H groups in total. The second-order valence-electron chi connectivity index (χ2n) is 5.34. The number of anilines is 1. The van der Waals surface area contributed by atoms with Crippen molar-refractivity contribution in [1.29, 1.82) is 0 Å². The average Bonchev–Trinajstić information content (AvgIpc) is 2.72. The van der Waals surface area contributed by atoms with Gasteiger partial charge < -0.3 is 5.73 Å². The number of benzene rings is 1. The van der Waals surface area contributed by atoms with Crippen LogP contribution >= 0.6 is 15.9 Å². The van der Waals surface area contributed by atoms with Crippen LogP contribution in [0.2, 0.25) is 0 Å². The van der Waals surface area contributed by atoms with E-state index in [2.05, 4.69) is 40.7 Å². The van der Waals surface area contributed by atoms with E-state index in [-0.39, 0.29) is 0 Å². The average molecular weight is 297 g/mol. The Morgan fingerprint density at radius 3 is 2.82 bits per heavy atom. The Morgan fingerprint density at radius 2 is 2.24 bits per heavy atom. The van der Waals surface area contributed by atoms with Crippen LogP contribution in [0.15, 0.2) is 22.7 Å². The maximum Gasteiger partial charge on any atom is 0.0371 e. The summed E-state index contributed by atoms with van der Waals surface area (Å²) in [6, 6.07) is 6.04. The summed E-state index contributed by atoms with van der Waals surface area (Å²) < 4.78 is 1.13. The predicted octanol–water partition coefficient (Wildman–Crippen LogP) is 3.51. The van der Waals surface area contributed by atoms with Crippen LogP contribution in [-0.4, -0.2) is 18.0 Å². The quantitative estimate of drug-likeness (QED) is 0.865. The molecule has 0 bridgehead atoms. The van der Waals surface area contributed by atoms with Crippen LogP contribution in [0, 0.1) is 11.8 Å². The SMILES string of the molecule is CC(C)C1CCN(Cc2c(N)cccc2Br)C1. The number of nitrogens with two attached hydrogens (primary N) is 1. The molecule has 94 valence electrons. The Labute approximate surface area is 112 Å². The molecular weight excluding hydrogens is 276 g/mol. The van der Waals surface area contributed by atoms with Crippen molar-refractivity contribution >= 4 is 21.6 Å². The van der Waals surface area contributed by atoms with Crippen molar-refractivity contribution in [1.82, 2.24) is 4.90 Å². The van der Waals surface area contributed by atoms with E-state index in [1.54, 1.807) is 0 Å². The lowest BCUT2D eigenvalue weighted by Crippen LogP contribution is -2.22. The number of nitrogens with zero attached hydrogens (tertiary/aromatic N) is 1. The Balaban J connectivity index is 2.03. The molecule has 0 spiro atoms. The first-order valence-electron chi connectivity index (χ1n) is 6.33. The second kappa shape index (κ2) is 5.40. The van der Waals surface area contributed by atoms with E-state index in [4.69, 9.17) is 5.73 Å². The lowest BCUT2D eigenvalue weighted by Gasteiger charge is -2.19. The lowest BCUT2D eigenvalue weighted by molar-refractivity contribution is 0.297. The Kier molecular flexibility index (Phi) is 4.10. The van der Waals surface area contributed by atoms with Crippen molar-refractivity contribution < 1.29 is 0 Å². The van der Waals surface area contributed by atoms with Gasteiger partial charge in [-0.15, -0.1) is 0 Å². The third-order valence-electron chi connectivity index (χ3n) is 3.79. The number of nitrogen functional groups attached to an aromatic ring is 1. The molecule has 0 radical (unpaired) electrons. The summed E-state index contributed by atoms with van der Waals surface area (Å²) in [5.74, 6) is 1.63. The van der Waals surface area contributed by atoms with Crippen molar-refractivity contribution in [3.05, 3.63) is 28.2 Å². The van der Waals surface area contributed by atoms with Gasteiger partial charge in [-0.1, -0.05) is 35.8 Å². The monoisotopic (exact) mass is 296 g/mol. The van der Waals surface area contributed by atoms with E-state index in [1.807, 2.05) is 12.1 Å². The molecule has 1 heterocycles. The zero-order valence-electron chi connectivity index (χ0n) is 10.6. The van der Waals surface area contributed by atoms with Crippen LogP contribution in [-0.2, 0) is 6.54 Å². The van der Waals surface area contributed by atoms with Gasteiger partial charge in [-0.2, -0.15) is 0 Å². The molecule has 2 rings (SSSR count). The summed E-state index contributed by atoms with van der Waals surface area (Å²) in [6.07, 6.45) is 1.32. The molecule has 1 unspecified atom stereocenters. The van der Waals surface area contributed by atoms with Crippen molar-refractivity contribution in [3.63, 3.8) is 0 Å². The highest BCUT2D eigenvalue weighted by Crippen LogP contribution is 2.29. The summed E-state index contributed by atoms with van der Waals surface area (Å²) >= 11 is 3.59. The molecule has 17 heavy (non-hydrogen) atoms. The van der Waals surface area contributed by atoms with Crippen molar-refractivity contribution in [2.45, 2.75) is 26.8 Å². The molecule has 0 aromatic heterocycles. The number of halogens is 1. The minimum atomic E-state index is 0.788. The molecule has 1 saturated heterocycles. The van der Waals surface area contributed by atoms with Gasteiger partial charge in [0, 0.05) is 28.8 Å². The molecule has 1 aliphatic heterocycles. The van der Waals surface area contributed by atoms with Crippen LogP contribution in [0.25, 0.3) is 0 Å². The Morgan fingerprint density at radius 1 is 1.47 bits per heavy atom. The predicted molar refractivity (Wildman–Crippen MR) is 76.8 cm³/mol. The highest BCUT2D eigenvalue weighted by atomic mass is 79.9. The van der Waals surface area contributed by atoms with E-state index < -0.39 is 0 Å². The molecule has 2 nitrogen and oxygen atoms in total. The standard InChI is InChI=1S/C14H21BrN2/c1-10(2)11-6-7-17(8-11)9-12-13(15)4-3-5-14(12)16/h3-5,10-11H,6-9,16H2,1-2H3. The molecule has 1 aromatic rings. The molecule has 3 heteroatoms. The van der Waals surface area contributed by atoms with Crippen LogP contribution in [0.3, 0.4) is 0 Å². The Bertz CT molecular complexity index is 370. The number of rotatable bonds is 3. The van der Waals surface area contributed by atoms with Crippen LogP contribution in [0.5, 0.6) is 0 Å². The largest absolute Gasteiger partial charge is 0.398 e. The zero-order chi connectivity index (χ0) is 12.4. The molecule has 1 aromatic carbocycles. The fourth-order valence-corrected chi connectivity index (χ4v) is 3.02. The minimum Gasteiger partial charge on any atom is -0.398 e. The summed E-state index contributed by atoms with van der Waals surface area (Å²) in [4.78, 5) is 2.51. The van der Waals surface area contributed by atoms with Gasteiger partial charge in [-0.25, -0.2) is 0 Å². The van der Waals surface area contributed by atoms with Gasteiger partial charge in [-0.05, 0) is 36.9 Å². The topological polar surface area (TPSA) is 29.3 Å². The number of hydrogen-bond donors (Lipinski definition) is 1. The zero-order valence-corrected chi connectivity index (χ0v) is 12.2. The first kappa shape index (κ1) is 12.9. The molecule has 1 aliphatic rings. The first-order valence-corrected chi connectivity index (χ1v) is 7.12. The summed E-state index contributed by atoms with van der Waals surface area (Å²) in [5, 5.41) is 0. The van der Waals surface area contributed by atoms with Crippen LogP contribution < -0.4 is 5.73 Å². The Hall–Kier alpha value is -0.540. The lowest BCUT2D eigenvalue weighted by atomic mass is 9.95. The smallest absolute Gasteiger partial charge is 0.0371 e. The molecule has 0 aliphatic carbocycles. The van der Waals surface area contributed by atoms with Gasteiger partial charge >= 0.3 is 0 Å². The molecular formula is C14H21BrN2. The number of hydrogen-bond acceptors (Lipinski definition) is 2. The van der Waals surface area contributed by atoms with E-state index >= 15 is 0 Å². The van der Waals surface area contributed by atoms with Crippen molar-refractivity contribution in [3.8, 4) is 0 Å². The van der Waals surface area contributed by atoms with E-state index in [9.17, 15) is 0 Å². The van der Waals surface area contributed by atoms with Gasteiger partial charge in [0.1, 0.15) is 0 Å². The fraction of sp³-hybridized carbons (Fsp3) is 0.571. The van der Waals surface area contributed by atoms with E-state index in [0.717, 1.165) is 28.5 Å². The fourth-order valence-electron chi connectivity index (χ4n) is 2.52. The van der Waals surface area contributed by atoms with Gasteiger partial charge in [0.25, 0.3) is 0 Å². The third-order valence-corrected chi connectivity index (χ3v) is 4.53. The minimum absolute atomic E-state index is 0.788. The normalized spacial score (nSPS) is 21.3. The number of likely N-dealkylation sites (tertiary alicyclic amines) is 1. The first-order chi connectivity index (χ1) is 8.08. The van der Waals surface area contributed by atoms with Crippen molar-refractivity contribution in [2.75, 3.05) is 18.8 Å². The third kappa shape index (κ3) is 3.02. The summed E-state index contributed by atoms with van der Waals surface area (Å²) in [6.45, 7) is 8.01. The maximum atomic E-state index is 6.04. The van der Waals surface area contributed by atoms with Gasteiger partial charge in [-0.3, -0.25) is 4.90 Å². The van der Waals surface area contributed by atoms with Gasteiger partial charge in [0.15, 0.2) is 0 Å². The van der Waals surface area contributed by atoms with Gasteiger partial charge in [0.05, 0.1) is 0 Å².